The Morgan fingerprint density at radius 2 is 1.68 bits per heavy atom. The zero-order valence-corrected chi connectivity index (χ0v) is 18.0. The summed E-state index contributed by atoms with van der Waals surface area (Å²) < 4.78 is 18.7. The number of hydrogen-bond donors (Lipinski definition) is 1. The summed E-state index contributed by atoms with van der Waals surface area (Å²) in [6, 6.07) is 17.4. The fourth-order valence-electron chi connectivity index (χ4n) is 4.09. The first kappa shape index (κ1) is 20.7. The molecule has 2 amide bonds. The number of urea groups is 1. The van der Waals surface area contributed by atoms with E-state index in [-0.39, 0.29) is 12.1 Å². The van der Waals surface area contributed by atoms with E-state index >= 15 is 0 Å². The molecule has 2 aromatic carbocycles. The van der Waals surface area contributed by atoms with E-state index in [4.69, 9.17) is 14.2 Å². The Morgan fingerprint density at radius 3 is 2.32 bits per heavy atom. The van der Waals surface area contributed by atoms with Gasteiger partial charge in [-0.2, -0.15) is 0 Å². The molecule has 1 aromatic heterocycles. The molecule has 1 aliphatic heterocycles. The fourth-order valence-corrected chi connectivity index (χ4v) is 4.09. The number of hydrogen-bond acceptors (Lipinski definition) is 4. The van der Waals surface area contributed by atoms with Crippen LogP contribution in [0.25, 0.3) is 0 Å². The molecule has 0 unspecified atom stereocenters. The maximum absolute atomic E-state index is 13.2. The van der Waals surface area contributed by atoms with Gasteiger partial charge in [0.05, 0.1) is 27.4 Å². The molecule has 0 saturated carbocycles. The third-order valence-corrected chi connectivity index (χ3v) is 5.59. The molecular formula is C24H27N3O4. The lowest BCUT2D eigenvalue weighted by molar-refractivity contribution is 0.168. The van der Waals surface area contributed by atoms with Crippen molar-refractivity contribution in [3.8, 4) is 17.2 Å². The molecule has 1 aliphatic rings. The van der Waals surface area contributed by atoms with Gasteiger partial charge < -0.3 is 29.0 Å². The van der Waals surface area contributed by atoms with Crippen LogP contribution in [0.15, 0.2) is 60.8 Å². The summed E-state index contributed by atoms with van der Waals surface area (Å²) in [5, 5.41) is 3.06. The standard InChI is InChI=1S/C24H27N3O4/c1-29-20-14-18(15-21(30-2)23(20)31-3)22-19-10-7-11-26(19)12-13-27(22)24(28)25-16-17-8-5-4-6-9-17/h4-11,14-15,22H,12-13,16H2,1-3H3,(H,25,28)/t22-/m1/s1. The second-order valence-corrected chi connectivity index (χ2v) is 7.33. The number of carbonyl (C=O) groups is 1. The van der Waals surface area contributed by atoms with Gasteiger partial charge in [-0.05, 0) is 35.4 Å². The SMILES string of the molecule is COc1cc([C@@H]2c3cccn3CCN2C(=O)NCc2ccccc2)cc(OC)c1OC. The van der Waals surface area contributed by atoms with Gasteiger partial charge in [-0.15, -0.1) is 0 Å². The molecule has 3 aromatic rings. The largest absolute Gasteiger partial charge is 0.493 e. The number of nitrogens with zero attached hydrogens (tertiary/aromatic N) is 2. The van der Waals surface area contributed by atoms with E-state index in [0.717, 1.165) is 23.4 Å². The zero-order valence-electron chi connectivity index (χ0n) is 18.0. The van der Waals surface area contributed by atoms with Crippen molar-refractivity contribution in [2.24, 2.45) is 0 Å². The van der Waals surface area contributed by atoms with Crippen molar-refractivity contribution in [2.75, 3.05) is 27.9 Å². The Hall–Kier alpha value is -3.61. The van der Waals surface area contributed by atoms with Gasteiger partial charge in [-0.25, -0.2) is 4.79 Å². The van der Waals surface area contributed by atoms with Crippen molar-refractivity contribution in [1.82, 2.24) is 14.8 Å². The van der Waals surface area contributed by atoms with Crippen molar-refractivity contribution >= 4 is 6.03 Å². The van der Waals surface area contributed by atoms with Crippen LogP contribution in [0.1, 0.15) is 22.9 Å². The van der Waals surface area contributed by atoms with Crippen LogP contribution in [0, 0.1) is 0 Å². The molecular weight excluding hydrogens is 394 g/mol. The molecule has 1 atom stereocenters. The minimum absolute atomic E-state index is 0.116. The van der Waals surface area contributed by atoms with Crippen LogP contribution in [-0.2, 0) is 13.1 Å². The van der Waals surface area contributed by atoms with E-state index in [1.807, 2.05) is 65.7 Å². The molecule has 0 radical (unpaired) electrons. The highest BCUT2D eigenvalue weighted by atomic mass is 16.5. The lowest BCUT2D eigenvalue weighted by Crippen LogP contribution is -2.47. The fraction of sp³-hybridized carbons (Fsp3) is 0.292. The highest BCUT2D eigenvalue weighted by molar-refractivity contribution is 5.75. The van der Waals surface area contributed by atoms with Gasteiger partial charge in [0.25, 0.3) is 0 Å². The Labute approximate surface area is 182 Å². The maximum Gasteiger partial charge on any atom is 0.318 e. The normalized spacial score (nSPS) is 15.2. The van der Waals surface area contributed by atoms with E-state index in [2.05, 4.69) is 9.88 Å². The molecule has 31 heavy (non-hydrogen) atoms. The summed E-state index contributed by atoms with van der Waals surface area (Å²) in [7, 11) is 4.76. The Bertz CT molecular complexity index is 1020. The molecule has 162 valence electrons. The summed E-state index contributed by atoms with van der Waals surface area (Å²) in [5.74, 6) is 1.65. The van der Waals surface area contributed by atoms with Gasteiger partial charge in [0.2, 0.25) is 5.75 Å². The minimum Gasteiger partial charge on any atom is -0.493 e. The van der Waals surface area contributed by atoms with E-state index in [0.29, 0.717) is 30.3 Å². The van der Waals surface area contributed by atoms with E-state index in [1.165, 1.54) is 0 Å². The monoisotopic (exact) mass is 421 g/mol. The first-order valence-electron chi connectivity index (χ1n) is 10.2. The number of aromatic nitrogens is 1. The van der Waals surface area contributed by atoms with Gasteiger partial charge in [0.1, 0.15) is 0 Å². The summed E-state index contributed by atoms with van der Waals surface area (Å²) in [6.07, 6.45) is 2.04. The summed E-state index contributed by atoms with van der Waals surface area (Å²) in [6.45, 7) is 1.80. The van der Waals surface area contributed by atoms with E-state index in [1.54, 1.807) is 21.3 Å². The van der Waals surface area contributed by atoms with Gasteiger partial charge in [0, 0.05) is 31.5 Å². The number of benzene rings is 2. The van der Waals surface area contributed by atoms with Gasteiger partial charge in [-0.3, -0.25) is 0 Å². The zero-order chi connectivity index (χ0) is 21.8. The Morgan fingerprint density at radius 1 is 0.968 bits per heavy atom. The third kappa shape index (κ3) is 4.03. The first-order chi connectivity index (χ1) is 15.2. The Balaban J connectivity index is 1.69. The smallest absolute Gasteiger partial charge is 0.318 e. The second-order valence-electron chi connectivity index (χ2n) is 7.33. The first-order valence-corrected chi connectivity index (χ1v) is 10.2. The second kappa shape index (κ2) is 9.04. The topological polar surface area (TPSA) is 65.0 Å². The van der Waals surface area contributed by atoms with Crippen molar-refractivity contribution in [1.29, 1.82) is 0 Å². The van der Waals surface area contributed by atoms with Crippen molar-refractivity contribution in [3.63, 3.8) is 0 Å². The number of amides is 2. The van der Waals surface area contributed by atoms with Crippen molar-refractivity contribution < 1.29 is 19.0 Å². The summed E-state index contributed by atoms with van der Waals surface area (Å²) in [4.78, 5) is 15.1. The Kier molecular flexibility index (Phi) is 6.02. The lowest BCUT2D eigenvalue weighted by Gasteiger charge is -2.37. The number of rotatable bonds is 6. The van der Waals surface area contributed by atoms with Crippen molar-refractivity contribution in [2.45, 2.75) is 19.1 Å². The summed E-state index contributed by atoms with van der Waals surface area (Å²) in [5.41, 5.74) is 2.99. The quantitative estimate of drug-likeness (QED) is 0.657. The highest BCUT2D eigenvalue weighted by Gasteiger charge is 2.33. The van der Waals surface area contributed by atoms with E-state index in [9.17, 15) is 4.79 Å². The van der Waals surface area contributed by atoms with Crippen LogP contribution in [0.2, 0.25) is 0 Å². The predicted octanol–water partition coefficient (Wildman–Crippen LogP) is 3.83. The van der Waals surface area contributed by atoms with Gasteiger partial charge >= 0.3 is 6.03 Å². The molecule has 0 spiro atoms. The average Bonchev–Trinajstić information content (AvgIpc) is 3.30. The number of carbonyl (C=O) groups excluding carboxylic acids is 1. The molecule has 2 heterocycles. The third-order valence-electron chi connectivity index (χ3n) is 5.59. The van der Waals surface area contributed by atoms with Crippen LogP contribution < -0.4 is 19.5 Å². The number of nitrogens with one attached hydrogen (secondary N) is 1. The number of fused-ring (bicyclic) bond motifs is 1. The van der Waals surface area contributed by atoms with Crippen LogP contribution in [-0.4, -0.2) is 43.4 Å². The minimum atomic E-state index is -0.284. The molecule has 0 bridgehead atoms. The lowest BCUT2D eigenvalue weighted by atomic mass is 9.99. The van der Waals surface area contributed by atoms with Crippen molar-refractivity contribution in [3.05, 3.63) is 77.6 Å². The molecule has 4 rings (SSSR count). The van der Waals surface area contributed by atoms with Crippen LogP contribution in [0.5, 0.6) is 17.2 Å². The average molecular weight is 421 g/mol. The molecule has 1 N–H and O–H groups in total. The van der Waals surface area contributed by atoms with Crippen LogP contribution in [0.3, 0.4) is 0 Å². The molecule has 0 fully saturated rings. The summed E-state index contributed by atoms with van der Waals surface area (Å²) >= 11 is 0. The molecule has 7 heteroatoms. The van der Waals surface area contributed by atoms with Crippen LogP contribution in [0.4, 0.5) is 4.79 Å². The molecule has 0 aliphatic carbocycles. The highest BCUT2D eigenvalue weighted by Crippen LogP contribution is 2.43. The van der Waals surface area contributed by atoms with Gasteiger partial charge in [-0.1, -0.05) is 30.3 Å². The predicted molar refractivity (Wildman–Crippen MR) is 118 cm³/mol. The van der Waals surface area contributed by atoms with Crippen LogP contribution >= 0.6 is 0 Å². The molecule has 7 nitrogen and oxygen atoms in total. The number of methoxy groups -OCH3 is 3. The number of ether oxygens (including phenoxy) is 3. The molecule has 0 saturated heterocycles. The maximum atomic E-state index is 13.2. The van der Waals surface area contributed by atoms with Gasteiger partial charge in [0.15, 0.2) is 11.5 Å². The van der Waals surface area contributed by atoms with E-state index < -0.39 is 0 Å².